The molecule has 4 rings (SSSR count). The second kappa shape index (κ2) is 6.58. The highest BCUT2D eigenvalue weighted by Crippen LogP contribution is 2.62. The number of anilines is 1. The molecular weight excluding hydrogens is 376 g/mol. The number of hydrogen-bond acceptors (Lipinski definition) is 5. The van der Waals surface area contributed by atoms with Crippen LogP contribution in [0.1, 0.15) is 38.7 Å². The van der Waals surface area contributed by atoms with E-state index in [0.29, 0.717) is 25.2 Å². The summed E-state index contributed by atoms with van der Waals surface area (Å²) in [7, 11) is -3.99. The molecule has 2 fully saturated rings. The zero-order chi connectivity index (χ0) is 20.0. The van der Waals surface area contributed by atoms with Crippen molar-refractivity contribution in [1.29, 1.82) is 0 Å². The molecule has 7 heteroatoms. The molecule has 148 valence electrons. The minimum absolute atomic E-state index is 0.106. The molecule has 6 nitrogen and oxygen atoms in total. The highest BCUT2D eigenvalue weighted by atomic mass is 32.2. The Morgan fingerprint density at radius 3 is 2.57 bits per heavy atom. The molecule has 0 saturated heterocycles. The number of pyridine rings is 1. The van der Waals surface area contributed by atoms with Crippen molar-refractivity contribution in [1.82, 2.24) is 4.98 Å². The van der Waals surface area contributed by atoms with Gasteiger partial charge in [0.05, 0.1) is 0 Å². The molecular formula is C21H24N2O4S. The number of sulfonamides is 1. The third-order valence-electron chi connectivity index (χ3n) is 6.49. The number of rotatable bonds is 6. The van der Waals surface area contributed by atoms with Crippen LogP contribution in [0.3, 0.4) is 0 Å². The monoisotopic (exact) mass is 400 g/mol. The van der Waals surface area contributed by atoms with E-state index in [4.69, 9.17) is 4.74 Å². The predicted octanol–water partition coefficient (Wildman–Crippen LogP) is 3.55. The topological polar surface area (TPSA) is 85.4 Å². The van der Waals surface area contributed by atoms with E-state index in [1.807, 2.05) is 44.2 Å². The summed E-state index contributed by atoms with van der Waals surface area (Å²) in [6.07, 6.45) is 2.93. The minimum Gasteiger partial charge on any atom is -0.485 e. The minimum atomic E-state index is -3.99. The molecule has 2 saturated carbocycles. The van der Waals surface area contributed by atoms with Gasteiger partial charge in [0.25, 0.3) is 0 Å². The van der Waals surface area contributed by atoms with Gasteiger partial charge in [0.15, 0.2) is 22.1 Å². The van der Waals surface area contributed by atoms with E-state index < -0.39 is 20.2 Å². The first-order valence-corrected chi connectivity index (χ1v) is 10.9. The molecule has 1 N–H and O–H groups in total. The molecule has 2 bridgehead atoms. The van der Waals surface area contributed by atoms with Crippen molar-refractivity contribution < 1.29 is 17.9 Å². The van der Waals surface area contributed by atoms with Gasteiger partial charge in [0, 0.05) is 12.6 Å². The first-order chi connectivity index (χ1) is 13.3. The Bertz CT molecular complexity index is 1000. The summed E-state index contributed by atoms with van der Waals surface area (Å²) >= 11 is 0. The summed E-state index contributed by atoms with van der Waals surface area (Å²) in [6.45, 7) is 4.07. The smallest absolute Gasteiger partial charge is 0.247 e. The van der Waals surface area contributed by atoms with E-state index in [9.17, 15) is 13.2 Å². The molecule has 0 radical (unpaired) electrons. The maximum Gasteiger partial charge on any atom is 0.247 e. The molecule has 1 aromatic carbocycles. The highest BCUT2D eigenvalue weighted by Gasteiger charge is 2.71. The van der Waals surface area contributed by atoms with E-state index in [1.165, 1.54) is 6.20 Å². The Labute approximate surface area is 165 Å². The summed E-state index contributed by atoms with van der Waals surface area (Å²) in [5.74, 6) is 0.369. The Balaban J connectivity index is 1.62. The van der Waals surface area contributed by atoms with Crippen molar-refractivity contribution in [2.24, 2.45) is 11.3 Å². The molecule has 0 amide bonds. The third-order valence-corrected chi connectivity index (χ3v) is 8.82. The second-order valence-corrected chi connectivity index (χ2v) is 10.0. The van der Waals surface area contributed by atoms with Crippen molar-refractivity contribution in [2.75, 3.05) is 4.72 Å². The normalized spacial score (nSPS) is 25.6. The maximum atomic E-state index is 13.4. The molecule has 0 aliphatic heterocycles. The van der Waals surface area contributed by atoms with Gasteiger partial charge in [0.2, 0.25) is 10.0 Å². The van der Waals surface area contributed by atoms with Crippen molar-refractivity contribution in [2.45, 2.75) is 44.5 Å². The molecule has 0 spiro atoms. The van der Waals surface area contributed by atoms with Gasteiger partial charge >= 0.3 is 0 Å². The first-order valence-electron chi connectivity index (χ1n) is 9.45. The van der Waals surface area contributed by atoms with Crippen LogP contribution >= 0.6 is 0 Å². The molecule has 2 aliphatic carbocycles. The number of nitrogens with one attached hydrogen (secondary N) is 1. The molecule has 2 aliphatic rings. The van der Waals surface area contributed by atoms with Gasteiger partial charge in [0.1, 0.15) is 6.61 Å². The van der Waals surface area contributed by atoms with E-state index in [-0.39, 0.29) is 17.5 Å². The molecule has 28 heavy (non-hydrogen) atoms. The van der Waals surface area contributed by atoms with Crippen LogP contribution in [0.5, 0.6) is 5.75 Å². The van der Waals surface area contributed by atoms with Crippen molar-refractivity contribution in [3.05, 3.63) is 54.2 Å². The summed E-state index contributed by atoms with van der Waals surface area (Å²) in [5.41, 5.74) is 0.361. The number of hydrogen-bond donors (Lipinski definition) is 1. The van der Waals surface area contributed by atoms with Crippen LogP contribution in [0.2, 0.25) is 0 Å². The number of carbonyl (C=O) groups excluding carboxylic acids is 1. The van der Waals surface area contributed by atoms with E-state index in [1.54, 1.807) is 12.1 Å². The number of carbonyl (C=O) groups is 1. The fourth-order valence-electron chi connectivity index (χ4n) is 4.80. The van der Waals surface area contributed by atoms with Gasteiger partial charge in [-0.25, -0.2) is 13.4 Å². The molecule has 1 aromatic heterocycles. The van der Waals surface area contributed by atoms with Crippen LogP contribution in [0.15, 0.2) is 48.7 Å². The van der Waals surface area contributed by atoms with Crippen LogP contribution in [0.25, 0.3) is 0 Å². The number of fused-ring (bicyclic) bond motifs is 2. The molecule has 2 aromatic rings. The van der Waals surface area contributed by atoms with Gasteiger partial charge in [-0.1, -0.05) is 44.2 Å². The number of nitrogens with zero attached hydrogens (tertiary/aromatic N) is 1. The molecule has 2 unspecified atom stereocenters. The average molecular weight is 401 g/mol. The summed E-state index contributed by atoms with van der Waals surface area (Å²) in [5, 5.41) is 0. The largest absolute Gasteiger partial charge is 0.485 e. The number of ketones is 1. The molecule has 1 heterocycles. The van der Waals surface area contributed by atoms with Crippen molar-refractivity contribution >= 4 is 21.6 Å². The van der Waals surface area contributed by atoms with Gasteiger partial charge in [-0.2, -0.15) is 0 Å². The fraction of sp³-hybridized carbons (Fsp3) is 0.429. The summed E-state index contributed by atoms with van der Waals surface area (Å²) < 4.78 is 33.8. The average Bonchev–Trinajstić information content (AvgIpc) is 3.04. The lowest BCUT2D eigenvalue weighted by molar-refractivity contribution is -0.121. The second-order valence-electron chi connectivity index (χ2n) is 8.14. The van der Waals surface area contributed by atoms with Gasteiger partial charge in [-0.05, 0) is 41.9 Å². The van der Waals surface area contributed by atoms with Gasteiger partial charge in [-0.15, -0.1) is 0 Å². The summed E-state index contributed by atoms with van der Waals surface area (Å²) in [6, 6.07) is 13.0. The van der Waals surface area contributed by atoms with E-state index in [2.05, 4.69) is 9.71 Å². The lowest BCUT2D eigenvalue weighted by Gasteiger charge is -2.35. The predicted molar refractivity (Wildman–Crippen MR) is 106 cm³/mol. The maximum absolute atomic E-state index is 13.4. The van der Waals surface area contributed by atoms with Crippen LogP contribution in [0, 0.1) is 11.3 Å². The lowest BCUT2D eigenvalue weighted by atomic mass is 9.81. The van der Waals surface area contributed by atoms with Crippen LogP contribution < -0.4 is 9.46 Å². The Morgan fingerprint density at radius 2 is 1.93 bits per heavy atom. The summed E-state index contributed by atoms with van der Waals surface area (Å²) in [4.78, 5) is 16.9. The Kier molecular flexibility index (Phi) is 4.45. The number of ether oxygens (including phenoxy) is 1. The van der Waals surface area contributed by atoms with Crippen molar-refractivity contribution in [3.8, 4) is 5.75 Å². The Hall–Kier alpha value is -2.41. The first kappa shape index (κ1) is 18.9. The number of benzene rings is 1. The van der Waals surface area contributed by atoms with Crippen LogP contribution in [-0.4, -0.2) is 23.9 Å². The van der Waals surface area contributed by atoms with Crippen molar-refractivity contribution in [3.63, 3.8) is 0 Å². The Morgan fingerprint density at radius 1 is 1.18 bits per heavy atom. The standard InChI is InChI=1S/C21H24N2O4S/c1-20(2)16-10-11-21(20,18(24)13-16)28(25,26)23-19-17(9-6-12-22-19)27-14-15-7-4-3-5-8-15/h3-9,12,16H,10-11,13-14H2,1-2H3,(H,22,23). The fourth-order valence-corrected chi connectivity index (χ4v) is 7.01. The quantitative estimate of drug-likeness (QED) is 0.801. The van der Waals surface area contributed by atoms with Crippen LogP contribution in [0.4, 0.5) is 5.82 Å². The van der Waals surface area contributed by atoms with Crippen LogP contribution in [-0.2, 0) is 21.4 Å². The highest BCUT2D eigenvalue weighted by molar-refractivity contribution is 7.95. The zero-order valence-electron chi connectivity index (χ0n) is 16.0. The molecule has 2 atom stereocenters. The lowest BCUT2D eigenvalue weighted by Crippen LogP contribution is -2.53. The van der Waals surface area contributed by atoms with Gasteiger partial charge < -0.3 is 4.74 Å². The van der Waals surface area contributed by atoms with Gasteiger partial charge in [-0.3, -0.25) is 9.52 Å². The number of aromatic nitrogens is 1. The SMILES string of the molecule is CC1(C)C2CCC1(S(=O)(=O)Nc1ncccc1OCc1ccccc1)C(=O)C2. The zero-order valence-corrected chi connectivity index (χ0v) is 16.8. The number of Topliss-reactive ketones (excluding diaryl/α,β-unsaturated/α-hetero) is 1. The third kappa shape index (κ3) is 2.71. The van der Waals surface area contributed by atoms with E-state index in [0.717, 1.165) is 12.0 Å². The van der Waals surface area contributed by atoms with E-state index >= 15 is 0 Å².